The van der Waals surface area contributed by atoms with Gasteiger partial charge in [-0.15, -0.1) is 0 Å². The van der Waals surface area contributed by atoms with Gasteiger partial charge in [0, 0.05) is 27.6 Å². The number of hydrogen-bond donors (Lipinski definition) is 0. The van der Waals surface area contributed by atoms with E-state index in [0.29, 0.717) is 23.7 Å². The van der Waals surface area contributed by atoms with E-state index in [-0.39, 0.29) is 17.3 Å². The maximum atomic E-state index is 12.4. The van der Waals surface area contributed by atoms with Gasteiger partial charge in [-0.1, -0.05) is 0 Å². The Morgan fingerprint density at radius 1 is 1.26 bits per heavy atom. The summed E-state index contributed by atoms with van der Waals surface area (Å²) in [5.41, 5.74) is 1.29. The molecule has 0 aliphatic heterocycles. The lowest BCUT2D eigenvalue weighted by molar-refractivity contribution is -0.392. The first-order chi connectivity index (χ1) is 12.7. The quantitative estimate of drug-likeness (QED) is 0.466. The van der Waals surface area contributed by atoms with E-state index in [1.54, 1.807) is 19.1 Å². The Morgan fingerprint density at radius 3 is 2.56 bits per heavy atom. The lowest BCUT2D eigenvalue weighted by Gasteiger charge is -2.11. The Kier molecular flexibility index (Phi) is 4.74. The molecule has 0 spiro atoms. The van der Waals surface area contributed by atoms with Crippen LogP contribution in [0.5, 0.6) is 0 Å². The Labute approximate surface area is 156 Å². The Bertz CT molecular complexity index is 1130. The fourth-order valence-corrected chi connectivity index (χ4v) is 3.87. The molecule has 11 heteroatoms. The molecule has 0 saturated heterocycles. The van der Waals surface area contributed by atoms with Gasteiger partial charge in [-0.3, -0.25) is 0 Å². The van der Waals surface area contributed by atoms with Crippen molar-refractivity contribution < 1.29 is 13.3 Å². The average molecular weight is 392 g/mol. The number of nitro groups is 1. The largest absolute Gasteiger partial charge is 0.358 e. The Morgan fingerprint density at radius 2 is 1.96 bits per heavy atom. The first-order valence-electron chi connectivity index (χ1n) is 8.25. The second kappa shape index (κ2) is 6.74. The van der Waals surface area contributed by atoms with Crippen LogP contribution in [0.4, 0.5) is 5.82 Å². The van der Waals surface area contributed by atoms with Crippen LogP contribution >= 0.6 is 0 Å². The van der Waals surface area contributed by atoms with Crippen LogP contribution in [0.1, 0.15) is 18.6 Å². The zero-order valence-corrected chi connectivity index (χ0v) is 16.3. The monoisotopic (exact) mass is 392 g/mol. The topological polar surface area (TPSA) is 116 Å². The van der Waals surface area contributed by atoms with Crippen molar-refractivity contribution in [1.82, 2.24) is 23.4 Å². The molecule has 0 radical (unpaired) electrons. The molecule has 27 heavy (non-hydrogen) atoms. The normalized spacial score (nSPS) is 12.2. The minimum Gasteiger partial charge on any atom is -0.358 e. The van der Waals surface area contributed by atoms with Crippen LogP contribution in [0.2, 0.25) is 0 Å². The molecule has 0 fully saturated rings. The van der Waals surface area contributed by atoms with Crippen LogP contribution in [0.3, 0.4) is 0 Å². The molecule has 1 aromatic carbocycles. The third kappa shape index (κ3) is 3.19. The number of aryl methyl sites for hydroxylation is 2. The second-order valence-electron chi connectivity index (χ2n) is 6.22. The summed E-state index contributed by atoms with van der Waals surface area (Å²) in [6.45, 7) is 4.38. The summed E-state index contributed by atoms with van der Waals surface area (Å²) in [7, 11) is -0.636. The summed E-state index contributed by atoms with van der Waals surface area (Å²) in [6, 6.07) is 4.77. The van der Waals surface area contributed by atoms with Crippen molar-refractivity contribution in [2.24, 2.45) is 0 Å². The van der Waals surface area contributed by atoms with E-state index in [4.69, 9.17) is 0 Å². The molecule has 0 N–H and O–H groups in total. The average Bonchev–Trinajstić information content (AvgIpc) is 3.14. The molecule has 0 unspecified atom stereocenters. The summed E-state index contributed by atoms with van der Waals surface area (Å²) < 4.78 is 29.3. The molecule has 0 bridgehead atoms. The van der Waals surface area contributed by atoms with Gasteiger partial charge in [-0.05, 0) is 30.0 Å². The zero-order chi connectivity index (χ0) is 19.9. The van der Waals surface area contributed by atoms with Crippen molar-refractivity contribution in [1.29, 1.82) is 0 Å². The molecule has 0 aliphatic carbocycles. The van der Waals surface area contributed by atoms with Gasteiger partial charge in [0.1, 0.15) is 6.20 Å². The van der Waals surface area contributed by atoms with E-state index in [2.05, 4.69) is 9.97 Å². The fourth-order valence-electron chi connectivity index (χ4n) is 2.94. The van der Waals surface area contributed by atoms with Crippen molar-refractivity contribution in [3.8, 4) is 0 Å². The van der Waals surface area contributed by atoms with Crippen LogP contribution in [-0.2, 0) is 23.1 Å². The highest BCUT2D eigenvalue weighted by molar-refractivity contribution is 7.89. The molecule has 2 aromatic heterocycles. The highest BCUT2D eigenvalue weighted by Gasteiger charge is 2.23. The summed E-state index contributed by atoms with van der Waals surface area (Å²) in [5.74, 6) is 0.987. The van der Waals surface area contributed by atoms with Crippen LogP contribution in [-0.4, -0.2) is 50.8 Å². The van der Waals surface area contributed by atoms with Crippen molar-refractivity contribution in [3.05, 3.63) is 46.2 Å². The van der Waals surface area contributed by atoms with Gasteiger partial charge in [-0.25, -0.2) is 27.3 Å². The number of sulfonamides is 1. The van der Waals surface area contributed by atoms with E-state index in [0.717, 1.165) is 9.82 Å². The van der Waals surface area contributed by atoms with Crippen molar-refractivity contribution >= 4 is 26.9 Å². The molecule has 10 nitrogen and oxygen atoms in total. The van der Waals surface area contributed by atoms with Crippen molar-refractivity contribution in [2.75, 3.05) is 14.1 Å². The SMILES string of the molecule is CCn1c(Cn2c([N+](=O)[O-])cnc2C)nc2cc(S(=O)(=O)N(C)C)ccc21. The summed E-state index contributed by atoms with van der Waals surface area (Å²) in [4.78, 5) is 19.4. The molecule has 3 rings (SSSR count). The van der Waals surface area contributed by atoms with Crippen LogP contribution < -0.4 is 0 Å². The second-order valence-corrected chi connectivity index (χ2v) is 8.37. The lowest BCUT2D eigenvalue weighted by atomic mass is 10.3. The molecule has 0 atom stereocenters. The highest BCUT2D eigenvalue weighted by Crippen LogP contribution is 2.24. The summed E-state index contributed by atoms with van der Waals surface area (Å²) >= 11 is 0. The summed E-state index contributed by atoms with van der Waals surface area (Å²) in [6.07, 6.45) is 1.22. The minimum absolute atomic E-state index is 0.113. The van der Waals surface area contributed by atoms with Gasteiger partial charge in [0.15, 0.2) is 18.2 Å². The number of benzene rings is 1. The van der Waals surface area contributed by atoms with Gasteiger partial charge < -0.3 is 14.7 Å². The van der Waals surface area contributed by atoms with Crippen molar-refractivity contribution in [3.63, 3.8) is 0 Å². The van der Waals surface area contributed by atoms with E-state index in [1.807, 2.05) is 11.5 Å². The standard InChI is InChI=1S/C16H20N6O4S/c1-5-20-14-7-6-12(27(25,26)19(3)4)8-13(14)18-15(20)10-21-11(2)17-9-16(21)22(23)24/h6-9H,5,10H2,1-4H3. The predicted molar refractivity (Wildman–Crippen MR) is 99.0 cm³/mol. The molecule has 0 aliphatic rings. The lowest BCUT2D eigenvalue weighted by Crippen LogP contribution is -2.22. The third-order valence-corrected chi connectivity index (χ3v) is 6.23. The molecule has 0 saturated carbocycles. The van der Waals surface area contributed by atoms with Crippen molar-refractivity contribution in [2.45, 2.75) is 31.8 Å². The van der Waals surface area contributed by atoms with Gasteiger partial charge in [-0.2, -0.15) is 0 Å². The first kappa shape index (κ1) is 19.0. The number of fused-ring (bicyclic) bond motifs is 1. The fraction of sp³-hybridized carbons (Fsp3) is 0.375. The van der Waals surface area contributed by atoms with Gasteiger partial charge in [0.2, 0.25) is 10.0 Å². The highest BCUT2D eigenvalue weighted by atomic mass is 32.2. The zero-order valence-electron chi connectivity index (χ0n) is 15.4. The van der Waals surface area contributed by atoms with E-state index in [9.17, 15) is 18.5 Å². The number of aromatic nitrogens is 4. The molecular formula is C16H20N6O4S. The van der Waals surface area contributed by atoms with Gasteiger partial charge in [0.25, 0.3) is 0 Å². The molecule has 3 aromatic rings. The smallest absolute Gasteiger partial charge is 0.343 e. The number of nitrogens with zero attached hydrogens (tertiary/aromatic N) is 6. The summed E-state index contributed by atoms with van der Waals surface area (Å²) in [5, 5.41) is 11.2. The predicted octanol–water partition coefficient (Wildman–Crippen LogP) is 1.77. The van der Waals surface area contributed by atoms with Crippen LogP contribution in [0.25, 0.3) is 11.0 Å². The number of imidazole rings is 2. The first-order valence-corrected chi connectivity index (χ1v) is 9.69. The third-order valence-electron chi connectivity index (χ3n) is 4.41. The van der Waals surface area contributed by atoms with E-state index < -0.39 is 14.9 Å². The van der Waals surface area contributed by atoms with Crippen LogP contribution in [0.15, 0.2) is 29.3 Å². The van der Waals surface area contributed by atoms with Gasteiger partial charge in [0.05, 0.1) is 15.9 Å². The van der Waals surface area contributed by atoms with Gasteiger partial charge >= 0.3 is 5.82 Å². The minimum atomic E-state index is -3.57. The number of rotatable bonds is 6. The van der Waals surface area contributed by atoms with Crippen LogP contribution in [0, 0.1) is 17.0 Å². The van der Waals surface area contributed by atoms with E-state index in [1.165, 1.54) is 30.9 Å². The molecule has 2 heterocycles. The van der Waals surface area contributed by atoms with E-state index >= 15 is 0 Å². The molecule has 144 valence electrons. The maximum absolute atomic E-state index is 12.4. The number of hydrogen-bond acceptors (Lipinski definition) is 6. The molecular weight excluding hydrogens is 372 g/mol. The Balaban J connectivity index is 2.12. The maximum Gasteiger partial charge on any atom is 0.343 e. The molecule has 0 amide bonds. The Hall–Kier alpha value is -2.79.